The third-order valence-corrected chi connectivity index (χ3v) is 2.65. The van der Waals surface area contributed by atoms with E-state index in [1.54, 1.807) is 5.56 Å². The van der Waals surface area contributed by atoms with Gasteiger partial charge in [0.1, 0.15) is 0 Å². The van der Waals surface area contributed by atoms with Crippen LogP contribution in [0.2, 0.25) is 0 Å². The Morgan fingerprint density at radius 3 is 1.81 bits per heavy atom. The maximum absolute atomic E-state index is 10.4. The van der Waals surface area contributed by atoms with Gasteiger partial charge in [-0.15, -0.1) is 0 Å². The normalized spacial score (nSPS) is 16.1. The zero-order valence-corrected chi connectivity index (χ0v) is 9.64. The van der Waals surface area contributed by atoms with Gasteiger partial charge in [0.05, 0.1) is 0 Å². The number of alkyl halides is 3. The fraction of sp³-hybridized carbons (Fsp3) is 0.538. The zero-order valence-electron chi connectivity index (χ0n) is 9.64. The van der Waals surface area contributed by atoms with Gasteiger partial charge in [0.25, 0.3) is 0 Å². The maximum Gasteiger partial charge on any atom is 0.386 e. The van der Waals surface area contributed by atoms with Crippen molar-refractivity contribution in [3.05, 3.63) is 35.4 Å². The van der Waals surface area contributed by atoms with Crippen LogP contribution in [0.25, 0.3) is 0 Å². The SMILES string of the molecule is CC(F)(F)F.Cc1ccc(C2CCC2)cc1. The van der Waals surface area contributed by atoms with Crippen LogP contribution in [0.5, 0.6) is 0 Å². The van der Waals surface area contributed by atoms with Gasteiger partial charge in [0.2, 0.25) is 0 Å². The molecule has 0 amide bonds. The van der Waals surface area contributed by atoms with Gasteiger partial charge in [-0.25, -0.2) is 0 Å². The number of hydrogen-bond donors (Lipinski definition) is 0. The molecule has 90 valence electrons. The summed E-state index contributed by atoms with van der Waals surface area (Å²) in [4.78, 5) is 0. The lowest BCUT2D eigenvalue weighted by Gasteiger charge is -2.25. The second-order valence-corrected chi connectivity index (χ2v) is 4.32. The second kappa shape index (κ2) is 5.37. The second-order valence-electron chi connectivity index (χ2n) is 4.32. The predicted molar refractivity (Wildman–Crippen MR) is 59.5 cm³/mol. The van der Waals surface area contributed by atoms with Gasteiger partial charge in [-0.2, -0.15) is 13.2 Å². The lowest BCUT2D eigenvalue weighted by molar-refractivity contribution is -0.110. The van der Waals surface area contributed by atoms with E-state index >= 15 is 0 Å². The van der Waals surface area contributed by atoms with E-state index < -0.39 is 6.18 Å². The average Bonchev–Trinajstić information content (AvgIpc) is 2.02. The maximum atomic E-state index is 10.4. The molecule has 0 unspecified atom stereocenters. The van der Waals surface area contributed by atoms with E-state index in [9.17, 15) is 13.2 Å². The summed E-state index contributed by atoms with van der Waals surface area (Å²) in [7, 11) is 0. The zero-order chi connectivity index (χ0) is 12.2. The Morgan fingerprint density at radius 2 is 1.50 bits per heavy atom. The number of benzene rings is 1. The van der Waals surface area contributed by atoms with Crippen LogP contribution in [-0.4, -0.2) is 6.18 Å². The number of halogens is 3. The van der Waals surface area contributed by atoms with E-state index in [0.717, 1.165) is 5.92 Å². The van der Waals surface area contributed by atoms with Gasteiger partial charge in [-0.1, -0.05) is 36.2 Å². The molecule has 0 nitrogen and oxygen atoms in total. The molecule has 1 aromatic carbocycles. The quantitative estimate of drug-likeness (QED) is 0.648. The molecule has 1 aliphatic carbocycles. The van der Waals surface area contributed by atoms with Crippen LogP contribution in [0.15, 0.2) is 24.3 Å². The van der Waals surface area contributed by atoms with Gasteiger partial charge >= 0.3 is 6.18 Å². The minimum absolute atomic E-state index is 0.188. The highest BCUT2D eigenvalue weighted by molar-refractivity contribution is 5.25. The highest BCUT2D eigenvalue weighted by atomic mass is 19.4. The molecule has 0 aliphatic heterocycles. The van der Waals surface area contributed by atoms with Gasteiger partial charge in [0, 0.05) is 6.92 Å². The minimum atomic E-state index is -4.00. The van der Waals surface area contributed by atoms with Crippen molar-refractivity contribution in [3.63, 3.8) is 0 Å². The number of rotatable bonds is 1. The summed E-state index contributed by atoms with van der Waals surface area (Å²) in [5, 5.41) is 0. The summed E-state index contributed by atoms with van der Waals surface area (Å²) < 4.78 is 31.1. The van der Waals surface area contributed by atoms with Crippen molar-refractivity contribution in [1.29, 1.82) is 0 Å². The fourth-order valence-electron chi connectivity index (χ4n) is 1.58. The van der Waals surface area contributed by atoms with Crippen molar-refractivity contribution in [3.8, 4) is 0 Å². The van der Waals surface area contributed by atoms with Crippen LogP contribution < -0.4 is 0 Å². The summed E-state index contributed by atoms with van der Waals surface area (Å²) >= 11 is 0. The Labute approximate surface area is 94.5 Å². The molecule has 16 heavy (non-hydrogen) atoms. The van der Waals surface area contributed by atoms with E-state index in [0.29, 0.717) is 0 Å². The first-order chi connectivity index (χ1) is 7.36. The smallest absolute Gasteiger partial charge is 0.172 e. The molecule has 0 radical (unpaired) electrons. The van der Waals surface area contributed by atoms with Gasteiger partial charge < -0.3 is 0 Å². The summed E-state index contributed by atoms with van der Waals surface area (Å²) in [5.41, 5.74) is 2.91. The molecular weight excluding hydrogens is 213 g/mol. The van der Waals surface area contributed by atoms with Crippen molar-refractivity contribution in [2.45, 2.75) is 45.2 Å². The highest BCUT2D eigenvalue weighted by Gasteiger charge is 2.18. The lowest BCUT2D eigenvalue weighted by atomic mass is 9.80. The standard InChI is InChI=1S/C11H14.C2H3F3/c1-9-5-7-11(8-6-9)10-3-2-4-10;1-2(3,4)5/h5-8,10H,2-4H2,1H3;1H3. The molecule has 0 N–H and O–H groups in total. The monoisotopic (exact) mass is 230 g/mol. The number of hydrogen-bond acceptors (Lipinski definition) is 0. The summed E-state index contributed by atoms with van der Waals surface area (Å²) in [6, 6.07) is 8.99. The molecule has 0 saturated heterocycles. The van der Waals surface area contributed by atoms with Crippen molar-refractivity contribution in [2.75, 3.05) is 0 Å². The molecule has 1 fully saturated rings. The Kier molecular flexibility index (Phi) is 4.39. The van der Waals surface area contributed by atoms with Crippen LogP contribution in [0, 0.1) is 6.92 Å². The fourth-order valence-corrected chi connectivity index (χ4v) is 1.58. The molecule has 1 aromatic rings. The van der Waals surface area contributed by atoms with E-state index in [4.69, 9.17) is 0 Å². The molecule has 0 aromatic heterocycles. The molecule has 0 bridgehead atoms. The van der Waals surface area contributed by atoms with E-state index in [-0.39, 0.29) is 6.92 Å². The van der Waals surface area contributed by atoms with Crippen molar-refractivity contribution < 1.29 is 13.2 Å². The summed E-state index contributed by atoms with van der Waals surface area (Å²) in [6.45, 7) is 2.33. The topological polar surface area (TPSA) is 0 Å². The first-order valence-corrected chi connectivity index (χ1v) is 5.49. The van der Waals surface area contributed by atoms with E-state index in [1.807, 2.05) is 0 Å². The molecule has 2 rings (SSSR count). The van der Waals surface area contributed by atoms with Crippen molar-refractivity contribution in [1.82, 2.24) is 0 Å². The first-order valence-electron chi connectivity index (χ1n) is 5.49. The third kappa shape index (κ3) is 5.19. The molecule has 0 heterocycles. The van der Waals surface area contributed by atoms with Crippen molar-refractivity contribution in [2.24, 2.45) is 0 Å². The number of aryl methyl sites for hydroxylation is 1. The summed E-state index contributed by atoms with van der Waals surface area (Å²) in [6.07, 6.45) is 0.241. The predicted octanol–water partition coefficient (Wildman–Crippen LogP) is 4.83. The molecule has 0 spiro atoms. The first kappa shape index (κ1) is 13.1. The van der Waals surface area contributed by atoms with Crippen molar-refractivity contribution >= 4 is 0 Å². The Hall–Kier alpha value is -0.990. The molecule has 1 saturated carbocycles. The van der Waals surface area contributed by atoms with E-state index in [1.165, 1.54) is 24.8 Å². The molecule has 0 atom stereocenters. The highest BCUT2D eigenvalue weighted by Crippen LogP contribution is 2.36. The van der Waals surface area contributed by atoms with Gasteiger partial charge in [0.15, 0.2) is 0 Å². The third-order valence-electron chi connectivity index (χ3n) is 2.65. The Bertz CT molecular complexity index is 301. The van der Waals surface area contributed by atoms with Crippen LogP contribution in [-0.2, 0) is 0 Å². The van der Waals surface area contributed by atoms with Crippen LogP contribution in [0.1, 0.15) is 43.2 Å². The molecule has 3 heteroatoms. The van der Waals surface area contributed by atoms with Crippen LogP contribution in [0.3, 0.4) is 0 Å². The minimum Gasteiger partial charge on any atom is -0.172 e. The van der Waals surface area contributed by atoms with Gasteiger partial charge in [-0.3, -0.25) is 0 Å². The lowest BCUT2D eigenvalue weighted by Crippen LogP contribution is -2.08. The average molecular weight is 230 g/mol. The van der Waals surface area contributed by atoms with Gasteiger partial charge in [-0.05, 0) is 31.2 Å². The Balaban J connectivity index is 0.000000221. The largest absolute Gasteiger partial charge is 0.386 e. The van der Waals surface area contributed by atoms with Crippen LogP contribution >= 0.6 is 0 Å². The molecule has 1 aliphatic rings. The Morgan fingerprint density at radius 1 is 1.06 bits per heavy atom. The summed E-state index contributed by atoms with van der Waals surface area (Å²) in [5.74, 6) is 0.885. The van der Waals surface area contributed by atoms with E-state index in [2.05, 4.69) is 31.2 Å². The molecular formula is C13H17F3. The van der Waals surface area contributed by atoms with Crippen LogP contribution in [0.4, 0.5) is 13.2 Å².